The zero-order valence-electron chi connectivity index (χ0n) is 10.7. The molecular formula is C14H12FNO4. The summed E-state index contributed by atoms with van der Waals surface area (Å²) in [5.74, 6) is 0.0650. The lowest BCUT2D eigenvalue weighted by Gasteiger charge is -2.11. The van der Waals surface area contributed by atoms with Crippen molar-refractivity contribution >= 4 is 5.69 Å². The first-order valence-electron chi connectivity index (χ1n) is 5.84. The van der Waals surface area contributed by atoms with Crippen LogP contribution in [0.2, 0.25) is 0 Å². The van der Waals surface area contributed by atoms with Crippen LogP contribution in [0.5, 0.6) is 11.5 Å². The molecule has 0 amide bonds. The van der Waals surface area contributed by atoms with E-state index in [4.69, 9.17) is 4.74 Å². The predicted octanol–water partition coefficient (Wildman–Crippen LogP) is 3.33. The standard InChI is InChI=1S/C14H12FNO4/c1-9-12(16(18)19)3-2-4-13(9)20-14-6-5-11(15)7-10(14)8-17/h2-7,17H,8H2,1H3. The third-order valence-corrected chi connectivity index (χ3v) is 2.86. The van der Waals surface area contributed by atoms with Crippen LogP contribution in [-0.4, -0.2) is 10.0 Å². The van der Waals surface area contributed by atoms with E-state index in [1.54, 1.807) is 13.0 Å². The molecule has 6 heteroatoms. The maximum absolute atomic E-state index is 13.1. The summed E-state index contributed by atoms with van der Waals surface area (Å²) < 4.78 is 18.6. The van der Waals surface area contributed by atoms with Crippen LogP contribution in [0.1, 0.15) is 11.1 Å². The average Bonchev–Trinajstić information content (AvgIpc) is 2.42. The van der Waals surface area contributed by atoms with Gasteiger partial charge in [0.1, 0.15) is 17.3 Å². The number of hydrogen-bond acceptors (Lipinski definition) is 4. The predicted molar refractivity (Wildman–Crippen MR) is 70.2 cm³/mol. The number of ether oxygens (including phenoxy) is 1. The number of nitro groups is 1. The molecule has 2 aromatic carbocycles. The van der Waals surface area contributed by atoms with Crippen molar-refractivity contribution in [3.8, 4) is 11.5 Å². The van der Waals surface area contributed by atoms with Crippen molar-refractivity contribution in [2.45, 2.75) is 13.5 Å². The van der Waals surface area contributed by atoms with Crippen LogP contribution in [-0.2, 0) is 6.61 Å². The first-order valence-corrected chi connectivity index (χ1v) is 5.84. The van der Waals surface area contributed by atoms with E-state index >= 15 is 0 Å². The number of nitrogens with zero attached hydrogens (tertiary/aromatic N) is 1. The first-order chi connectivity index (χ1) is 9.52. The van der Waals surface area contributed by atoms with E-state index < -0.39 is 10.7 Å². The number of nitro benzene ring substituents is 1. The van der Waals surface area contributed by atoms with Gasteiger partial charge >= 0.3 is 0 Å². The minimum atomic E-state index is -0.500. The molecule has 0 fully saturated rings. The van der Waals surface area contributed by atoms with Crippen molar-refractivity contribution in [2.24, 2.45) is 0 Å². The first kappa shape index (κ1) is 14.0. The topological polar surface area (TPSA) is 72.6 Å². The van der Waals surface area contributed by atoms with Crippen LogP contribution >= 0.6 is 0 Å². The van der Waals surface area contributed by atoms with Gasteiger partial charge in [0.25, 0.3) is 5.69 Å². The Hall–Kier alpha value is -2.47. The van der Waals surface area contributed by atoms with Gasteiger partial charge in [-0.3, -0.25) is 10.1 Å². The molecule has 104 valence electrons. The smallest absolute Gasteiger partial charge is 0.276 e. The average molecular weight is 277 g/mol. The highest BCUT2D eigenvalue weighted by molar-refractivity contribution is 5.50. The quantitative estimate of drug-likeness (QED) is 0.687. The van der Waals surface area contributed by atoms with E-state index in [0.29, 0.717) is 11.3 Å². The highest BCUT2D eigenvalue weighted by atomic mass is 19.1. The molecule has 0 saturated carbocycles. The van der Waals surface area contributed by atoms with E-state index in [9.17, 15) is 19.6 Å². The molecular weight excluding hydrogens is 265 g/mol. The summed E-state index contributed by atoms with van der Waals surface area (Å²) in [5, 5.41) is 20.0. The second-order valence-electron chi connectivity index (χ2n) is 4.17. The molecule has 0 unspecified atom stereocenters. The van der Waals surface area contributed by atoms with Gasteiger partial charge in [0.2, 0.25) is 0 Å². The second kappa shape index (κ2) is 5.66. The van der Waals surface area contributed by atoms with Crippen LogP contribution in [0.4, 0.5) is 10.1 Å². The molecule has 0 bridgehead atoms. The van der Waals surface area contributed by atoms with E-state index in [1.807, 2.05) is 0 Å². The number of halogens is 1. The Morgan fingerprint density at radius 3 is 2.70 bits per heavy atom. The van der Waals surface area contributed by atoms with Crippen molar-refractivity contribution in [1.29, 1.82) is 0 Å². The van der Waals surface area contributed by atoms with Crippen LogP contribution in [0.25, 0.3) is 0 Å². The molecule has 20 heavy (non-hydrogen) atoms. The summed E-state index contributed by atoms with van der Waals surface area (Å²) in [6.07, 6.45) is 0. The van der Waals surface area contributed by atoms with Crippen LogP contribution in [0.3, 0.4) is 0 Å². The molecule has 0 heterocycles. The van der Waals surface area contributed by atoms with Gasteiger partial charge in [0.05, 0.1) is 17.1 Å². The van der Waals surface area contributed by atoms with Gasteiger partial charge in [-0.2, -0.15) is 0 Å². The van der Waals surface area contributed by atoms with E-state index in [-0.39, 0.29) is 23.6 Å². The summed E-state index contributed by atoms with van der Waals surface area (Å²) in [5.41, 5.74) is 0.580. The molecule has 1 N–H and O–H groups in total. The summed E-state index contributed by atoms with van der Waals surface area (Å²) in [4.78, 5) is 10.4. The maximum Gasteiger partial charge on any atom is 0.276 e. The highest BCUT2D eigenvalue weighted by Gasteiger charge is 2.15. The minimum Gasteiger partial charge on any atom is -0.456 e. The van der Waals surface area contributed by atoms with E-state index in [1.165, 1.54) is 24.3 Å². The normalized spacial score (nSPS) is 10.3. The lowest BCUT2D eigenvalue weighted by atomic mass is 10.1. The van der Waals surface area contributed by atoms with Crippen molar-refractivity contribution in [2.75, 3.05) is 0 Å². The third kappa shape index (κ3) is 2.75. The number of rotatable bonds is 4. The highest BCUT2D eigenvalue weighted by Crippen LogP contribution is 2.32. The molecule has 0 aliphatic heterocycles. The lowest BCUT2D eigenvalue weighted by molar-refractivity contribution is -0.385. The van der Waals surface area contributed by atoms with Crippen molar-refractivity contribution in [1.82, 2.24) is 0 Å². The Balaban J connectivity index is 2.40. The van der Waals surface area contributed by atoms with Crippen molar-refractivity contribution < 1.29 is 19.2 Å². The Morgan fingerprint density at radius 2 is 2.05 bits per heavy atom. The van der Waals surface area contributed by atoms with Crippen molar-refractivity contribution in [3.05, 3.63) is 63.5 Å². The molecule has 0 aliphatic carbocycles. The number of aliphatic hydroxyl groups excluding tert-OH is 1. The fourth-order valence-corrected chi connectivity index (χ4v) is 1.80. The Morgan fingerprint density at radius 1 is 1.30 bits per heavy atom. The van der Waals surface area contributed by atoms with E-state index in [2.05, 4.69) is 0 Å². The molecule has 0 saturated heterocycles. The molecule has 2 aromatic rings. The van der Waals surface area contributed by atoms with E-state index in [0.717, 1.165) is 6.07 Å². The van der Waals surface area contributed by atoms with Gasteiger partial charge in [0.15, 0.2) is 0 Å². The van der Waals surface area contributed by atoms with Gasteiger partial charge in [0, 0.05) is 11.6 Å². The van der Waals surface area contributed by atoms with Gasteiger partial charge in [-0.1, -0.05) is 6.07 Å². The molecule has 5 nitrogen and oxygen atoms in total. The molecule has 0 aromatic heterocycles. The van der Waals surface area contributed by atoms with Gasteiger partial charge in [-0.05, 0) is 31.2 Å². The fraction of sp³-hybridized carbons (Fsp3) is 0.143. The number of aliphatic hydroxyl groups is 1. The SMILES string of the molecule is Cc1c(Oc2ccc(F)cc2CO)cccc1[N+](=O)[O-]. The fourth-order valence-electron chi connectivity index (χ4n) is 1.80. The number of hydrogen-bond donors (Lipinski definition) is 1. The molecule has 0 spiro atoms. The van der Waals surface area contributed by atoms with Crippen molar-refractivity contribution in [3.63, 3.8) is 0 Å². The Bertz CT molecular complexity index is 658. The van der Waals surface area contributed by atoms with Gasteiger partial charge in [-0.25, -0.2) is 4.39 Å². The van der Waals surface area contributed by atoms with Gasteiger partial charge < -0.3 is 9.84 Å². The summed E-state index contributed by atoms with van der Waals surface area (Å²) >= 11 is 0. The Kier molecular flexibility index (Phi) is 3.95. The molecule has 0 radical (unpaired) electrons. The molecule has 0 atom stereocenters. The maximum atomic E-state index is 13.1. The monoisotopic (exact) mass is 277 g/mol. The zero-order chi connectivity index (χ0) is 14.7. The number of benzene rings is 2. The Labute approximate surface area is 114 Å². The molecule has 0 aliphatic rings. The lowest BCUT2D eigenvalue weighted by Crippen LogP contribution is -1.97. The largest absolute Gasteiger partial charge is 0.456 e. The minimum absolute atomic E-state index is 0.0600. The van der Waals surface area contributed by atoms with Crippen LogP contribution in [0, 0.1) is 22.9 Å². The zero-order valence-corrected chi connectivity index (χ0v) is 10.7. The second-order valence-corrected chi connectivity index (χ2v) is 4.17. The summed E-state index contributed by atoms with van der Waals surface area (Å²) in [6.45, 7) is 1.18. The van der Waals surface area contributed by atoms with Crippen LogP contribution in [0.15, 0.2) is 36.4 Å². The van der Waals surface area contributed by atoms with Gasteiger partial charge in [-0.15, -0.1) is 0 Å². The third-order valence-electron chi connectivity index (χ3n) is 2.86. The summed E-state index contributed by atoms with van der Waals surface area (Å²) in [7, 11) is 0. The summed E-state index contributed by atoms with van der Waals surface area (Å²) in [6, 6.07) is 8.18. The van der Waals surface area contributed by atoms with Crippen LogP contribution < -0.4 is 4.74 Å². The molecule has 2 rings (SSSR count).